The fraction of sp³-hybridized carbons (Fsp3) is 0.267. The van der Waals surface area contributed by atoms with E-state index in [0.29, 0.717) is 6.04 Å². The Morgan fingerprint density at radius 2 is 2.05 bits per heavy atom. The van der Waals surface area contributed by atoms with Crippen LogP contribution < -0.4 is 4.90 Å². The summed E-state index contributed by atoms with van der Waals surface area (Å²) in [7, 11) is 1.90. The van der Waals surface area contributed by atoms with Crippen LogP contribution in [0.5, 0.6) is 0 Å². The molecule has 3 aromatic rings. The van der Waals surface area contributed by atoms with Crippen molar-refractivity contribution < 1.29 is 0 Å². The van der Waals surface area contributed by atoms with Crippen LogP contribution in [-0.4, -0.2) is 25.8 Å². The van der Waals surface area contributed by atoms with Crippen molar-refractivity contribution in [2.45, 2.75) is 19.4 Å². The Labute approximate surface area is 116 Å². The average Bonchev–Trinajstić information content (AvgIpc) is 2.99. The zero-order valence-corrected chi connectivity index (χ0v) is 11.5. The van der Waals surface area contributed by atoms with Gasteiger partial charge in [-0.25, -0.2) is 9.97 Å². The first kappa shape index (κ1) is 11.4. The Hall–Kier alpha value is -2.43. The molecule has 2 aromatic heterocycles. The van der Waals surface area contributed by atoms with Gasteiger partial charge in [-0.1, -0.05) is 18.2 Å². The smallest absolute Gasteiger partial charge is 0.163 e. The van der Waals surface area contributed by atoms with Crippen LogP contribution in [-0.2, 0) is 13.5 Å². The van der Waals surface area contributed by atoms with Gasteiger partial charge in [-0.05, 0) is 25.0 Å². The summed E-state index contributed by atoms with van der Waals surface area (Å²) < 4.78 is 1.78. The van der Waals surface area contributed by atoms with E-state index in [0.717, 1.165) is 23.3 Å². The van der Waals surface area contributed by atoms with Gasteiger partial charge in [0.1, 0.15) is 12.1 Å². The van der Waals surface area contributed by atoms with Crippen LogP contribution in [0.4, 0.5) is 11.5 Å². The molecule has 0 fully saturated rings. The van der Waals surface area contributed by atoms with Gasteiger partial charge in [-0.15, -0.1) is 0 Å². The van der Waals surface area contributed by atoms with E-state index >= 15 is 0 Å². The summed E-state index contributed by atoms with van der Waals surface area (Å²) in [5.41, 5.74) is 3.48. The number of nitrogens with zero attached hydrogens (tertiary/aromatic N) is 5. The molecule has 0 bridgehead atoms. The van der Waals surface area contributed by atoms with Crippen LogP contribution in [0.1, 0.15) is 12.5 Å². The standard InChI is InChI=1S/C15H15N5/c1-10-7-11-5-3-4-6-13(11)20(10)15-12-8-18-19(2)14(12)16-9-17-15/h3-6,8-10H,7H2,1-2H3. The number of anilines is 2. The normalized spacial score (nSPS) is 17.7. The third-order valence-electron chi connectivity index (χ3n) is 3.94. The first-order valence-electron chi connectivity index (χ1n) is 6.75. The van der Waals surface area contributed by atoms with Crippen molar-refractivity contribution in [1.29, 1.82) is 0 Å². The first-order valence-corrected chi connectivity index (χ1v) is 6.75. The van der Waals surface area contributed by atoms with Gasteiger partial charge in [-0.2, -0.15) is 5.10 Å². The SMILES string of the molecule is CC1Cc2ccccc2N1c1ncnc2c1cnn2C. The molecule has 1 aliphatic rings. The fourth-order valence-electron chi connectivity index (χ4n) is 3.03. The summed E-state index contributed by atoms with van der Waals surface area (Å²) in [4.78, 5) is 11.1. The van der Waals surface area contributed by atoms with E-state index in [1.54, 1.807) is 11.0 Å². The van der Waals surface area contributed by atoms with Gasteiger partial charge < -0.3 is 4.90 Å². The minimum Gasteiger partial charge on any atom is -0.322 e. The lowest BCUT2D eigenvalue weighted by Crippen LogP contribution is -2.25. The van der Waals surface area contributed by atoms with E-state index in [1.807, 2.05) is 13.2 Å². The van der Waals surface area contributed by atoms with Crippen LogP contribution in [0.3, 0.4) is 0 Å². The van der Waals surface area contributed by atoms with Crippen molar-refractivity contribution in [3.05, 3.63) is 42.4 Å². The zero-order chi connectivity index (χ0) is 13.7. The second-order valence-corrected chi connectivity index (χ2v) is 5.25. The summed E-state index contributed by atoms with van der Waals surface area (Å²) in [6.45, 7) is 2.23. The predicted molar refractivity (Wildman–Crippen MR) is 78.1 cm³/mol. The highest BCUT2D eigenvalue weighted by molar-refractivity contribution is 5.90. The molecular formula is C15H15N5. The number of para-hydroxylation sites is 1. The third-order valence-corrected chi connectivity index (χ3v) is 3.94. The molecule has 1 unspecified atom stereocenters. The Morgan fingerprint density at radius 3 is 2.95 bits per heavy atom. The van der Waals surface area contributed by atoms with Crippen LogP contribution in [0.15, 0.2) is 36.8 Å². The zero-order valence-electron chi connectivity index (χ0n) is 11.5. The van der Waals surface area contributed by atoms with Crippen molar-refractivity contribution in [3.63, 3.8) is 0 Å². The largest absolute Gasteiger partial charge is 0.322 e. The highest BCUT2D eigenvalue weighted by atomic mass is 15.3. The van der Waals surface area contributed by atoms with E-state index in [-0.39, 0.29) is 0 Å². The number of aryl methyl sites for hydroxylation is 1. The highest BCUT2D eigenvalue weighted by Gasteiger charge is 2.29. The molecule has 0 amide bonds. The van der Waals surface area contributed by atoms with E-state index < -0.39 is 0 Å². The Kier molecular flexibility index (Phi) is 2.30. The fourth-order valence-corrected chi connectivity index (χ4v) is 3.03. The minimum absolute atomic E-state index is 0.394. The summed E-state index contributed by atoms with van der Waals surface area (Å²) in [5.74, 6) is 0.945. The highest BCUT2D eigenvalue weighted by Crippen LogP contribution is 2.39. The molecule has 1 aliphatic heterocycles. The molecule has 5 nitrogen and oxygen atoms in total. The van der Waals surface area contributed by atoms with Gasteiger partial charge in [0.05, 0.1) is 11.6 Å². The molecular weight excluding hydrogens is 250 g/mol. The summed E-state index contributed by atoms with van der Waals surface area (Å²) in [5, 5.41) is 5.29. The molecule has 0 aliphatic carbocycles. The van der Waals surface area contributed by atoms with E-state index in [9.17, 15) is 0 Å². The molecule has 0 radical (unpaired) electrons. The number of hydrogen-bond acceptors (Lipinski definition) is 4. The number of fused-ring (bicyclic) bond motifs is 2. The molecule has 1 aromatic carbocycles. The van der Waals surface area contributed by atoms with E-state index in [1.165, 1.54) is 11.3 Å². The summed E-state index contributed by atoms with van der Waals surface area (Å²) in [6, 6.07) is 8.90. The molecule has 4 rings (SSSR count). The van der Waals surface area contributed by atoms with Gasteiger partial charge in [-0.3, -0.25) is 4.68 Å². The van der Waals surface area contributed by atoms with Gasteiger partial charge in [0, 0.05) is 18.8 Å². The molecule has 100 valence electrons. The predicted octanol–water partition coefficient (Wildman–Crippen LogP) is 2.45. The van der Waals surface area contributed by atoms with Gasteiger partial charge >= 0.3 is 0 Å². The molecule has 5 heteroatoms. The van der Waals surface area contributed by atoms with E-state index in [2.05, 4.69) is 51.2 Å². The van der Waals surface area contributed by atoms with Crippen LogP contribution >= 0.6 is 0 Å². The second kappa shape index (κ2) is 4.03. The van der Waals surface area contributed by atoms with Gasteiger partial charge in [0.15, 0.2) is 5.65 Å². The molecule has 20 heavy (non-hydrogen) atoms. The Morgan fingerprint density at radius 1 is 1.20 bits per heavy atom. The molecule has 0 saturated heterocycles. The lowest BCUT2D eigenvalue weighted by Gasteiger charge is -2.24. The topological polar surface area (TPSA) is 46.8 Å². The summed E-state index contributed by atoms with van der Waals surface area (Å²) in [6.07, 6.45) is 4.51. The van der Waals surface area contributed by atoms with Gasteiger partial charge in [0.2, 0.25) is 0 Å². The number of hydrogen-bond donors (Lipinski definition) is 0. The maximum Gasteiger partial charge on any atom is 0.163 e. The minimum atomic E-state index is 0.394. The van der Waals surface area contributed by atoms with Crippen LogP contribution in [0.25, 0.3) is 11.0 Å². The average molecular weight is 265 g/mol. The lowest BCUT2D eigenvalue weighted by atomic mass is 10.1. The second-order valence-electron chi connectivity index (χ2n) is 5.25. The number of aromatic nitrogens is 4. The molecule has 0 saturated carbocycles. The maximum atomic E-state index is 4.51. The Balaban J connectivity index is 1.96. The lowest BCUT2D eigenvalue weighted by molar-refractivity contribution is 0.751. The van der Waals surface area contributed by atoms with Crippen molar-refractivity contribution in [2.75, 3.05) is 4.90 Å². The van der Waals surface area contributed by atoms with Crippen molar-refractivity contribution in [2.24, 2.45) is 7.05 Å². The molecule has 0 spiro atoms. The molecule has 0 N–H and O–H groups in total. The van der Waals surface area contributed by atoms with Crippen LogP contribution in [0, 0.1) is 0 Å². The first-order chi connectivity index (χ1) is 9.75. The summed E-state index contributed by atoms with van der Waals surface area (Å²) >= 11 is 0. The monoisotopic (exact) mass is 265 g/mol. The molecule has 1 atom stereocenters. The number of rotatable bonds is 1. The Bertz CT molecular complexity index is 792. The quantitative estimate of drug-likeness (QED) is 0.678. The van der Waals surface area contributed by atoms with Crippen molar-refractivity contribution >= 4 is 22.5 Å². The van der Waals surface area contributed by atoms with Crippen molar-refractivity contribution in [3.8, 4) is 0 Å². The van der Waals surface area contributed by atoms with E-state index in [4.69, 9.17) is 0 Å². The van der Waals surface area contributed by atoms with Crippen LogP contribution in [0.2, 0.25) is 0 Å². The van der Waals surface area contributed by atoms with Gasteiger partial charge in [0.25, 0.3) is 0 Å². The number of benzene rings is 1. The van der Waals surface area contributed by atoms with Crippen molar-refractivity contribution in [1.82, 2.24) is 19.7 Å². The molecule has 3 heterocycles. The maximum absolute atomic E-state index is 4.51. The third kappa shape index (κ3) is 1.46.